The van der Waals surface area contributed by atoms with Crippen molar-refractivity contribution >= 4 is 17.7 Å². The van der Waals surface area contributed by atoms with Crippen molar-refractivity contribution in [1.82, 2.24) is 5.32 Å². The van der Waals surface area contributed by atoms with Gasteiger partial charge < -0.3 is 11.1 Å². The predicted molar refractivity (Wildman–Crippen MR) is 87.0 cm³/mol. The molecule has 0 fully saturated rings. The number of nitrogens with two attached hydrogens (primary N) is 1. The Hall–Kier alpha value is -1.44. The van der Waals surface area contributed by atoms with Crippen LogP contribution in [0.1, 0.15) is 28.4 Å². The maximum Gasteiger partial charge on any atom is 0.251 e. The van der Waals surface area contributed by atoms with Crippen LogP contribution in [0.15, 0.2) is 18.2 Å². The fourth-order valence-electron chi connectivity index (χ4n) is 1.80. The third kappa shape index (κ3) is 5.28. The summed E-state index contributed by atoms with van der Waals surface area (Å²) in [4.78, 5) is 12.1. The average Bonchev–Trinajstić information content (AvgIpc) is 2.43. The van der Waals surface area contributed by atoms with Crippen molar-refractivity contribution in [2.75, 3.05) is 25.1 Å². The van der Waals surface area contributed by atoms with Crippen LogP contribution in [0.25, 0.3) is 0 Å². The summed E-state index contributed by atoms with van der Waals surface area (Å²) in [5.41, 5.74) is 7.95. The number of hydrogen-bond acceptors (Lipinski definition) is 3. The zero-order chi connectivity index (χ0) is 15.0. The first kappa shape index (κ1) is 16.6. The maximum absolute atomic E-state index is 12.1. The number of nitrogens with one attached hydrogen (secondary N) is 1. The van der Waals surface area contributed by atoms with Gasteiger partial charge in [0.05, 0.1) is 6.54 Å². The van der Waals surface area contributed by atoms with Crippen LogP contribution in [0, 0.1) is 24.7 Å². The Morgan fingerprint density at radius 1 is 1.50 bits per heavy atom. The predicted octanol–water partition coefficient (Wildman–Crippen LogP) is 2.03. The van der Waals surface area contributed by atoms with E-state index < -0.39 is 0 Å². The van der Waals surface area contributed by atoms with Crippen LogP contribution in [0.5, 0.6) is 0 Å². The van der Waals surface area contributed by atoms with Gasteiger partial charge in [-0.3, -0.25) is 4.79 Å². The minimum atomic E-state index is -0.0283. The van der Waals surface area contributed by atoms with E-state index in [0.717, 1.165) is 16.9 Å². The zero-order valence-electron chi connectivity index (χ0n) is 12.3. The quantitative estimate of drug-likeness (QED) is 0.816. The molecule has 0 saturated carbocycles. The summed E-state index contributed by atoms with van der Waals surface area (Å²) in [7, 11) is 0. The molecule has 108 valence electrons. The molecule has 1 rings (SSSR count). The van der Waals surface area contributed by atoms with Gasteiger partial charge in [0.15, 0.2) is 0 Å². The summed E-state index contributed by atoms with van der Waals surface area (Å²) >= 11 is 1.79. The number of aryl methyl sites for hydroxylation is 1. The lowest BCUT2D eigenvalue weighted by atomic mass is 10.0. The van der Waals surface area contributed by atoms with Crippen molar-refractivity contribution < 1.29 is 4.79 Å². The van der Waals surface area contributed by atoms with Gasteiger partial charge in [0, 0.05) is 17.7 Å². The normalized spacial score (nSPS) is 11.4. The van der Waals surface area contributed by atoms with Crippen LogP contribution >= 0.6 is 11.8 Å². The van der Waals surface area contributed by atoms with E-state index in [2.05, 4.69) is 30.3 Å². The molecule has 0 aliphatic carbocycles. The van der Waals surface area contributed by atoms with Gasteiger partial charge in [-0.25, -0.2) is 0 Å². The molecular formula is C16H22N2OS. The first-order valence-electron chi connectivity index (χ1n) is 6.65. The highest BCUT2D eigenvalue weighted by atomic mass is 32.2. The second-order valence-electron chi connectivity index (χ2n) is 4.81. The van der Waals surface area contributed by atoms with E-state index in [4.69, 9.17) is 5.73 Å². The van der Waals surface area contributed by atoms with Crippen molar-refractivity contribution in [2.45, 2.75) is 13.8 Å². The summed E-state index contributed by atoms with van der Waals surface area (Å²) < 4.78 is 0. The average molecular weight is 290 g/mol. The highest BCUT2D eigenvalue weighted by Gasteiger charge is 2.08. The molecule has 0 spiro atoms. The van der Waals surface area contributed by atoms with Crippen molar-refractivity contribution in [2.24, 2.45) is 11.7 Å². The fraction of sp³-hybridized carbons (Fsp3) is 0.438. The third-order valence-electron chi connectivity index (χ3n) is 2.88. The van der Waals surface area contributed by atoms with Gasteiger partial charge in [-0.05, 0) is 48.6 Å². The van der Waals surface area contributed by atoms with E-state index in [9.17, 15) is 4.79 Å². The molecule has 3 nitrogen and oxygen atoms in total. The van der Waals surface area contributed by atoms with Crippen molar-refractivity contribution in [3.63, 3.8) is 0 Å². The second-order valence-corrected chi connectivity index (χ2v) is 5.72. The Labute approximate surface area is 125 Å². The lowest BCUT2D eigenvalue weighted by Gasteiger charge is -2.11. The zero-order valence-corrected chi connectivity index (χ0v) is 13.1. The molecule has 1 aromatic carbocycles. The summed E-state index contributed by atoms with van der Waals surface area (Å²) in [5, 5.41) is 2.97. The SMILES string of the molecule is CSCC(C)CNC(=O)c1ccc(C#CCN)c(C)c1. The Bertz CT molecular complexity index is 517. The van der Waals surface area contributed by atoms with Gasteiger partial charge in [0.25, 0.3) is 5.91 Å². The van der Waals surface area contributed by atoms with E-state index in [1.54, 1.807) is 11.8 Å². The van der Waals surface area contributed by atoms with Gasteiger partial charge in [0.1, 0.15) is 0 Å². The highest BCUT2D eigenvalue weighted by Crippen LogP contribution is 2.10. The molecule has 0 heterocycles. The molecule has 0 aliphatic rings. The molecule has 0 bridgehead atoms. The minimum absolute atomic E-state index is 0.0283. The summed E-state index contributed by atoms with van der Waals surface area (Å²) in [6, 6.07) is 5.55. The van der Waals surface area contributed by atoms with Gasteiger partial charge >= 0.3 is 0 Å². The molecule has 0 aromatic heterocycles. The Balaban J connectivity index is 2.68. The Morgan fingerprint density at radius 3 is 2.85 bits per heavy atom. The van der Waals surface area contributed by atoms with Gasteiger partial charge in [-0.15, -0.1) is 0 Å². The maximum atomic E-state index is 12.1. The second kappa shape index (κ2) is 8.68. The number of thioether (sulfide) groups is 1. The lowest BCUT2D eigenvalue weighted by molar-refractivity contribution is 0.0949. The Kier molecular flexibility index (Phi) is 7.21. The van der Waals surface area contributed by atoms with Crippen molar-refractivity contribution in [3.05, 3.63) is 34.9 Å². The van der Waals surface area contributed by atoms with Crippen LogP contribution in [0.4, 0.5) is 0 Å². The molecular weight excluding hydrogens is 268 g/mol. The summed E-state index contributed by atoms with van der Waals surface area (Å²) in [5.74, 6) is 7.32. The Morgan fingerprint density at radius 2 is 2.25 bits per heavy atom. The summed E-state index contributed by atoms with van der Waals surface area (Å²) in [6.45, 7) is 5.13. The lowest BCUT2D eigenvalue weighted by Crippen LogP contribution is -2.29. The molecule has 1 amide bonds. The van der Waals surface area contributed by atoms with E-state index in [1.165, 1.54) is 0 Å². The van der Waals surface area contributed by atoms with Crippen LogP contribution in [-0.2, 0) is 0 Å². The molecule has 3 N–H and O–H groups in total. The monoisotopic (exact) mass is 290 g/mol. The number of rotatable bonds is 5. The molecule has 1 unspecified atom stereocenters. The van der Waals surface area contributed by atoms with Crippen molar-refractivity contribution in [3.8, 4) is 11.8 Å². The topological polar surface area (TPSA) is 55.1 Å². The molecule has 0 radical (unpaired) electrons. The van der Waals surface area contributed by atoms with E-state index >= 15 is 0 Å². The molecule has 1 atom stereocenters. The molecule has 4 heteroatoms. The number of amides is 1. The van der Waals surface area contributed by atoms with Crippen LogP contribution < -0.4 is 11.1 Å². The molecule has 20 heavy (non-hydrogen) atoms. The smallest absolute Gasteiger partial charge is 0.251 e. The molecule has 0 aliphatic heterocycles. The van der Waals surface area contributed by atoms with Gasteiger partial charge in [-0.2, -0.15) is 11.8 Å². The number of carbonyl (C=O) groups is 1. The van der Waals surface area contributed by atoms with E-state index in [1.807, 2.05) is 25.1 Å². The standard InChI is InChI=1S/C16H22N2OS/c1-12(11-20-3)10-18-16(19)15-7-6-14(5-4-8-17)13(2)9-15/h6-7,9,12H,8,10-11,17H2,1-3H3,(H,18,19). The number of benzene rings is 1. The number of carbonyl (C=O) groups excluding carboxylic acids is 1. The van der Waals surface area contributed by atoms with Gasteiger partial charge in [-0.1, -0.05) is 18.8 Å². The van der Waals surface area contributed by atoms with Crippen LogP contribution in [0.2, 0.25) is 0 Å². The van der Waals surface area contributed by atoms with E-state index in [-0.39, 0.29) is 5.91 Å². The van der Waals surface area contributed by atoms with E-state index in [0.29, 0.717) is 24.6 Å². The molecule has 0 saturated heterocycles. The minimum Gasteiger partial charge on any atom is -0.352 e. The third-order valence-corrected chi connectivity index (χ3v) is 3.78. The van der Waals surface area contributed by atoms with Crippen molar-refractivity contribution in [1.29, 1.82) is 0 Å². The van der Waals surface area contributed by atoms with Crippen LogP contribution in [0.3, 0.4) is 0 Å². The number of hydrogen-bond donors (Lipinski definition) is 2. The van der Waals surface area contributed by atoms with Gasteiger partial charge in [0.2, 0.25) is 0 Å². The highest BCUT2D eigenvalue weighted by molar-refractivity contribution is 7.98. The fourth-order valence-corrected chi connectivity index (χ4v) is 2.49. The first-order valence-corrected chi connectivity index (χ1v) is 8.04. The summed E-state index contributed by atoms with van der Waals surface area (Å²) in [6.07, 6.45) is 2.07. The van der Waals surface area contributed by atoms with Crippen LogP contribution in [-0.4, -0.2) is 31.0 Å². The largest absolute Gasteiger partial charge is 0.352 e. The molecule has 1 aromatic rings. The first-order chi connectivity index (χ1) is 9.58.